The largest absolute Gasteiger partial charge is 0.480 e. The summed E-state index contributed by atoms with van der Waals surface area (Å²) in [7, 11) is 0. The van der Waals surface area contributed by atoms with Crippen LogP contribution in [0.2, 0.25) is 0 Å². The summed E-state index contributed by atoms with van der Waals surface area (Å²) in [4.78, 5) is 13.3. The van der Waals surface area contributed by atoms with Gasteiger partial charge in [-0.3, -0.25) is 9.69 Å². The highest BCUT2D eigenvalue weighted by Gasteiger charge is 2.31. The SMILES string of the molecule is CC1CC(C)CC(CCN2CCCC2C(=O)O)C1. The van der Waals surface area contributed by atoms with Crippen LogP contribution in [0.25, 0.3) is 0 Å². The first kappa shape index (κ1) is 13.9. The van der Waals surface area contributed by atoms with E-state index >= 15 is 0 Å². The second-order valence-corrected chi connectivity index (χ2v) is 6.60. The maximum atomic E-state index is 11.1. The second kappa shape index (κ2) is 6.05. The highest BCUT2D eigenvalue weighted by molar-refractivity contribution is 5.73. The standard InChI is InChI=1S/C15H27NO2/c1-11-8-12(2)10-13(9-11)5-7-16-6-3-4-14(16)15(17)18/h11-14H,3-10H2,1-2H3,(H,17,18). The van der Waals surface area contributed by atoms with Gasteiger partial charge in [-0.1, -0.05) is 13.8 Å². The number of nitrogens with zero attached hydrogens (tertiary/aromatic N) is 1. The van der Waals surface area contributed by atoms with Crippen molar-refractivity contribution in [3.63, 3.8) is 0 Å². The number of carboxylic acid groups (broad SMARTS) is 1. The van der Waals surface area contributed by atoms with Gasteiger partial charge in [0, 0.05) is 0 Å². The summed E-state index contributed by atoms with van der Waals surface area (Å²) in [5, 5.41) is 9.16. The van der Waals surface area contributed by atoms with Gasteiger partial charge in [-0.25, -0.2) is 0 Å². The summed E-state index contributed by atoms with van der Waals surface area (Å²) in [6.07, 6.45) is 7.14. The molecule has 1 aliphatic carbocycles. The third kappa shape index (κ3) is 3.47. The van der Waals surface area contributed by atoms with E-state index in [1.54, 1.807) is 0 Å². The number of hydrogen-bond donors (Lipinski definition) is 1. The molecular weight excluding hydrogens is 226 g/mol. The summed E-state index contributed by atoms with van der Waals surface area (Å²) in [5.74, 6) is 1.90. The molecule has 1 saturated carbocycles. The maximum absolute atomic E-state index is 11.1. The molecule has 1 heterocycles. The molecule has 3 heteroatoms. The van der Waals surface area contributed by atoms with Gasteiger partial charge in [-0.2, -0.15) is 0 Å². The quantitative estimate of drug-likeness (QED) is 0.837. The molecule has 0 spiro atoms. The van der Waals surface area contributed by atoms with Crippen LogP contribution in [-0.2, 0) is 4.79 Å². The molecule has 1 aliphatic heterocycles. The fourth-order valence-electron chi connectivity index (χ4n) is 4.07. The highest BCUT2D eigenvalue weighted by Crippen LogP contribution is 2.35. The molecule has 0 amide bonds. The van der Waals surface area contributed by atoms with Gasteiger partial charge in [0.1, 0.15) is 6.04 Å². The van der Waals surface area contributed by atoms with Crippen molar-refractivity contribution in [2.75, 3.05) is 13.1 Å². The highest BCUT2D eigenvalue weighted by atomic mass is 16.4. The molecule has 18 heavy (non-hydrogen) atoms. The van der Waals surface area contributed by atoms with E-state index < -0.39 is 5.97 Å². The monoisotopic (exact) mass is 253 g/mol. The fraction of sp³-hybridized carbons (Fsp3) is 0.933. The molecule has 1 N–H and O–H groups in total. The molecule has 3 atom stereocenters. The number of carbonyl (C=O) groups is 1. The molecule has 104 valence electrons. The molecule has 0 aromatic heterocycles. The van der Waals surface area contributed by atoms with Crippen LogP contribution >= 0.6 is 0 Å². The Kier molecular flexibility index (Phi) is 4.66. The molecule has 3 unspecified atom stereocenters. The topological polar surface area (TPSA) is 40.5 Å². The first-order valence-corrected chi connectivity index (χ1v) is 7.53. The number of hydrogen-bond acceptors (Lipinski definition) is 2. The van der Waals surface area contributed by atoms with Gasteiger partial charge in [0.05, 0.1) is 0 Å². The number of aliphatic carboxylic acids is 1. The van der Waals surface area contributed by atoms with Gasteiger partial charge in [-0.15, -0.1) is 0 Å². The van der Waals surface area contributed by atoms with E-state index in [1.165, 1.54) is 25.7 Å². The first-order valence-electron chi connectivity index (χ1n) is 7.53. The average Bonchev–Trinajstić information content (AvgIpc) is 2.73. The molecule has 2 aliphatic rings. The van der Waals surface area contributed by atoms with Crippen molar-refractivity contribution >= 4 is 5.97 Å². The van der Waals surface area contributed by atoms with Crippen LogP contribution in [-0.4, -0.2) is 35.1 Å². The van der Waals surface area contributed by atoms with Crippen molar-refractivity contribution in [1.82, 2.24) is 4.90 Å². The van der Waals surface area contributed by atoms with Crippen molar-refractivity contribution < 1.29 is 9.90 Å². The summed E-state index contributed by atoms with van der Waals surface area (Å²) in [6, 6.07) is -0.205. The summed E-state index contributed by atoms with van der Waals surface area (Å²) in [5.41, 5.74) is 0. The zero-order valence-electron chi connectivity index (χ0n) is 11.8. The number of likely N-dealkylation sites (tertiary alicyclic amines) is 1. The Bertz CT molecular complexity index is 282. The van der Waals surface area contributed by atoms with Crippen molar-refractivity contribution in [2.45, 2.75) is 58.4 Å². The summed E-state index contributed by atoms with van der Waals surface area (Å²) in [6.45, 7) is 6.69. The number of carboxylic acids is 1. The van der Waals surface area contributed by atoms with Gasteiger partial charge in [0.25, 0.3) is 0 Å². The zero-order chi connectivity index (χ0) is 13.1. The average molecular weight is 253 g/mol. The third-order valence-electron chi connectivity index (χ3n) is 4.75. The van der Waals surface area contributed by atoms with Crippen molar-refractivity contribution in [2.24, 2.45) is 17.8 Å². The normalized spacial score (nSPS) is 37.9. The number of rotatable bonds is 4. The molecule has 0 aromatic rings. The first-order chi connectivity index (χ1) is 8.56. The van der Waals surface area contributed by atoms with Gasteiger partial charge in [0.15, 0.2) is 0 Å². The zero-order valence-corrected chi connectivity index (χ0v) is 11.8. The summed E-state index contributed by atoms with van der Waals surface area (Å²) < 4.78 is 0. The molecular formula is C15H27NO2. The van der Waals surface area contributed by atoms with Crippen LogP contribution < -0.4 is 0 Å². The van der Waals surface area contributed by atoms with E-state index in [1.807, 2.05) is 0 Å². The van der Waals surface area contributed by atoms with Gasteiger partial charge >= 0.3 is 5.97 Å². The summed E-state index contributed by atoms with van der Waals surface area (Å²) >= 11 is 0. The van der Waals surface area contributed by atoms with E-state index in [2.05, 4.69) is 18.7 Å². The minimum atomic E-state index is -0.627. The Morgan fingerprint density at radius 3 is 2.50 bits per heavy atom. The second-order valence-electron chi connectivity index (χ2n) is 6.60. The lowest BCUT2D eigenvalue weighted by Gasteiger charge is -2.33. The Morgan fingerprint density at radius 1 is 1.22 bits per heavy atom. The van der Waals surface area contributed by atoms with Crippen molar-refractivity contribution in [3.8, 4) is 0 Å². The Hall–Kier alpha value is -0.570. The van der Waals surface area contributed by atoms with Gasteiger partial charge in [0.2, 0.25) is 0 Å². The molecule has 0 radical (unpaired) electrons. The third-order valence-corrected chi connectivity index (χ3v) is 4.75. The van der Waals surface area contributed by atoms with E-state index in [4.69, 9.17) is 5.11 Å². The van der Waals surface area contributed by atoms with E-state index in [9.17, 15) is 4.79 Å². The lowest BCUT2D eigenvalue weighted by molar-refractivity contribution is -0.142. The molecule has 1 saturated heterocycles. The van der Waals surface area contributed by atoms with Crippen LogP contribution in [0.15, 0.2) is 0 Å². The van der Waals surface area contributed by atoms with Gasteiger partial charge < -0.3 is 5.11 Å². The van der Waals surface area contributed by atoms with Crippen LogP contribution in [0, 0.1) is 17.8 Å². The Labute approximate surface area is 111 Å². The predicted molar refractivity (Wildman–Crippen MR) is 72.5 cm³/mol. The Balaban J connectivity index is 1.78. The lowest BCUT2D eigenvalue weighted by Crippen LogP contribution is -2.37. The van der Waals surface area contributed by atoms with Crippen LogP contribution in [0.5, 0.6) is 0 Å². The lowest BCUT2D eigenvalue weighted by atomic mass is 9.75. The van der Waals surface area contributed by atoms with E-state index in [0.29, 0.717) is 0 Å². The van der Waals surface area contributed by atoms with E-state index in [0.717, 1.165) is 43.7 Å². The molecule has 3 nitrogen and oxygen atoms in total. The van der Waals surface area contributed by atoms with Crippen LogP contribution in [0.3, 0.4) is 0 Å². The maximum Gasteiger partial charge on any atom is 0.320 e. The van der Waals surface area contributed by atoms with Crippen LogP contribution in [0.4, 0.5) is 0 Å². The molecule has 2 fully saturated rings. The minimum Gasteiger partial charge on any atom is -0.480 e. The minimum absolute atomic E-state index is 0.205. The fourth-order valence-corrected chi connectivity index (χ4v) is 4.07. The molecule has 0 bridgehead atoms. The van der Waals surface area contributed by atoms with Crippen molar-refractivity contribution in [3.05, 3.63) is 0 Å². The van der Waals surface area contributed by atoms with Crippen LogP contribution in [0.1, 0.15) is 52.4 Å². The predicted octanol–water partition coefficient (Wildman–Crippen LogP) is 3.00. The van der Waals surface area contributed by atoms with Gasteiger partial charge in [-0.05, 0) is 69.4 Å². The Morgan fingerprint density at radius 2 is 1.89 bits per heavy atom. The molecule has 2 rings (SSSR count). The smallest absolute Gasteiger partial charge is 0.320 e. The van der Waals surface area contributed by atoms with E-state index in [-0.39, 0.29) is 6.04 Å². The van der Waals surface area contributed by atoms with Crippen molar-refractivity contribution in [1.29, 1.82) is 0 Å². The molecule has 0 aromatic carbocycles.